The minimum Gasteiger partial charge on any atom is -0.508 e. The second-order valence-corrected chi connectivity index (χ2v) is 7.17. The molecule has 0 bridgehead atoms. The van der Waals surface area contributed by atoms with Crippen LogP contribution in [0.15, 0.2) is 91.0 Å². The molecule has 4 aromatic carbocycles. The summed E-state index contributed by atoms with van der Waals surface area (Å²) < 4.78 is 0. The van der Waals surface area contributed by atoms with E-state index < -0.39 is 0 Å². The number of hydrogen-bond donors (Lipinski definition) is 1. The second kappa shape index (κ2) is 8.09. The van der Waals surface area contributed by atoms with Gasteiger partial charge in [-0.2, -0.15) is 0 Å². The number of benzene rings is 4. The van der Waals surface area contributed by atoms with E-state index in [9.17, 15) is 5.11 Å². The molecular weight excluding hydrogens is 328 g/mol. The van der Waals surface area contributed by atoms with Crippen molar-refractivity contribution >= 4 is 10.8 Å². The predicted molar refractivity (Wildman–Crippen MR) is 113 cm³/mol. The Labute approximate surface area is 160 Å². The van der Waals surface area contributed by atoms with Crippen molar-refractivity contribution in [1.29, 1.82) is 0 Å². The Balaban J connectivity index is 1.38. The molecule has 0 radical (unpaired) electrons. The molecule has 0 fully saturated rings. The van der Waals surface area contributed by atoms with Crippen LogP contribution in [-0.2, 0) is 25.7 Å². The van der Waals surface area contributed by atoms with Crippen molar-refractivity contribution in [3.05, 3.63) is 113 Å². The first-order valence-corrected chi connectivity index (χ1v) is 9.60. The number of rotatable bonds is 6. The molecule has 0 saturated heterocycles. The van der Waals surface area contributed by atoms with Crippen LogP contribution in [0.25, 0.3) is 10.8 Å². The zero-order valence-corrected chi connectivity index (χ0v) is 15.4. The molecule has 4 rings (SSSR count). The molecular formula is C26H24O. The summed E-state index contributed by atoms with van der Waals surface area (Å²) in [6.07, 6.45) is 4.14. The summed E-state index contributed by atoms with van der Waals surface area (Å²) in [5.74, 6) is 0.328. The molecule has 0 heterocycles. The summed E-state index contributed by atoms with van der Waals surface area (Å²) in [4.78, 5) is 0. The minimum atomic E-state index is 0.328. The van der Waals surface area contributed by atoms with Crippen molar-refractivity contribution in [3.63, 3.8) is 0 Å². The van der Waals surface area contributed by atoms with Crippen LogP contribution >= 0.6 is 0 Å². The van der Waals surface area contributed by atoms with E-state index in [0.29, 0.717) is 5.75 Å². The van der Waals surface area contributed by atoms with E-state index in [1.54, 1.807) is 12.1 Å². The maximum absolute atomic E-state index is 9.39. The average Bonchev–Trinajstić information content (AvgIpc) is 2.72. The van der Waals surface area contributed by atoms with Crippen LogP contribution in [0.4, 0.5) is 0 Å². The first kappa shape index (κ1) is 17.4. The van der Waals surface area contributed by atoms with Gasteiger partial charge in [0.05, 0.1) is 0 Å². The second-order valence-electron chi connectivity index (χ2n) is 7.17. The van der Waals surface area contributed by atoms with Crippen LogP contribution in [0.1, 0.15) is 22.3 Å². The lowest BCUT2D eigenvalue weighted by Gasteiger charge is -2.07. The highest BCUT2D eigenvalue weighted by Crippen LogP contribution is 2.18. The monoisotopic (exact) mass is 352 g/mol. The number of phenolic OH excluding ortho intramolecular Hbond substituents is 1. The molecule has 0 atom stereocenters. The van der Waals surface area contributed by atoms with E-state index in [2.05, 4.69) is 66.7 Å². The predicted octanol–water partition coefficient (Wildman–Crippen LogP) is 6.12. The molecule has 1 heteroatoms. The fourth-order valence-corrected chi connectivity index (χ4v) is 3.57. The van der Waals surface area contributed by atoms with Crippen molar-refractivity contribution in [1.82, 2.24) is 0 Å². The topological polar surface area (TPSA) is 20.2 Å². The molecule has 4 aromatic rings. The summed E-state index contributed by atoms with van der Waals surface area (Å²) in [7, 11) is 0. The van der Waals surface area contributed by atoms with Gasteiger partial charge in [0.25, 0.3) is 0 Å². The van der Waals surface area contributed by atoms with Crippen LogP contribution in [0.3, 0.4) is 0 Å². The largest absolute Gasteiger partial charge is 0.508 e. The zero-order valence-electron chi connectivity index (χ0n) is 15.4. The third kappa shape index (κ3) is 4.57. The molecule has 0 amide bonds. The summed E-state index contributed by atoms with van der Waals surface area (Å²) in [5, 5.41) is 12.0. The maximum Gasteiger partial charge on any atom is 0.115 e. The molecule has 0 unspecified atom stereocenters. The van der Waals surface area contributed by atoms with Crippen LogP contribution < -0.4 is 0 Å². The van der Waals surface area contributed by atoms with E-state index in [0.717, 1.165) is 25.7 Å². The Morgan fingerprint density at radius 2 is 1.00 bits per heavy atom. The molecule has 1 nitrogen and oxygen atoms in total. The number of fused-ring (bicyclic) bond motifs is 1. The highest BCUT2D eigenvalue weighted by atomic mass is 16.3. The standard InChI is InChI=1S/C26H24O/c27-26-16-13-20(14-17-26)8-9-21-4-3-5-22(18-21)10-11-23-12-15-24-6-1-2-7-25(24)19-23/h1-7,12-19,27H,8-11H2. The molecule has 1 N–H and O–H groups in total. The maximum atomic E-state index is 9.39. The van der Waals surface area contributed by atoms with Crippen molar-refractivity contribution in [3.8, 4) is 5.75 Å². The lowest BCUT2D eigenvalue weighted by atomic mass is 9.98. The Morgan fingerprint density at radius 3 is 1.70 bits per heavy atom. The van der Waals surface area contributed by atoms with E-state index in [4.69, 9.17) is 0 Å². The summed E-state index contributed by atoms with van der Waals surface area (Å²) in [5.41, 5.74) is 5.42. The van der Waals surface area contributed by atoms with E-state index in [1.807, 2.05) is 12.1 Å². The Bertz CT molecular complexity index is 1030. The van der Waals surface area contributed by atoms with Gasteiger partial charge in [0.1, 0.15) is 5.75 Å². The van der Waals surface area contributed by atoms with Crippen molar-refractivity contribution in [2.24, 2.45) is 0 Å². The van der Waals surface area contributed by atoms with Crippen LogP contribution in [0.2, 0.25) is 0 Å². The number of aryl methyl sites for hydroxylation is 4. The van der Waals surface area contributed by atoms with E-state index in [-0.39, 0.29) is 0 Å². The SMILES string of the molecule is Oc1ccc(CCc2cccc(CCc3ccc4ccccc4c3)c2)cc1. The van der Waals surface area contributed by atoms with Gasteiger partial charge in [-0.25, -0.2) is 0 Å². The first-order chi connectivity index (χ1) is 13.3. The highest BCUT2D eigenvalue weighted by Gasteiger charge is 2.01. The Hall–Kier alpha value is -3.06. The Kier molecular flexibility index (Phi) is 5.20. The van der Waals surface area contributed by atoms with Gasteiger partial charge < -0.3 is 5.11 Å². The Morgan fingerprint density at radius 1 is 0.444 bits per heavy atom. The van der Waals surface area contributed by atoms with Gasteiger partial charge in [-0.15, -0.1) is 0 Å². The van der Waals surface area contributed by atoms with Crippen LogP contribution in [0.5, 0.6) is 5.75 Å². The van der Waals surface area contributed by atoms with Crippen molar-refractivity contribution < 1.29 is 5.11 Å². The van der Waals surface area contributed by atoms with Gasteiger partial charge in [-0.3, -0.25) is 0 Å². The molecule has 0 aliphatic rings. The van der Waals surface area contributed by atoms with Gasteiger partial charge in [0.15, 0.2) is 0 Å². The summed E-state index contributed by atoms with van der Waals surface area (Å²) in [6, 6.07) is 31.8. The first-order valence-electron chi connectivity index (χ1n) is 9.60. The zero-order chi connectivity index (χ0) is 18.5. The number of phenols is 1. The van der Waals surface area contributed by atoms with Crippen LogP contribution in [-0.4, -0.2) is 5.11 Å². The fraction of sp³-hybridized carbons (Fsp3) is 0.154. The van der Waals surface area contributed by atoms with Crippen molar-refractivity contribution in [2.75, 3.05) is 0 Å². The lowest BCUT2D eigenvalue weighted by molar-refractivity contribution is 0.475. The molecule has 0 aliphatic carbocycles. The lowest BCUT2D eigenvalue weighted by Crippen LogP contribution is -1.95. The molecule has 0 saturated carbocycles. The normalized spacial score (nSPS) is 11.0. The van der Waals surface area contributed by atoms with Crippen LogP contribution in [0, 0.1) is 0 Å². The fourth-order valence-electron chi connectivity index (χ4n) is 3.57. The molecule has 0 aliphatic heterocycles. The average molecular weight is 352 g/mol. The van der Waals surface area contributed by atoms with E-state index >= 15 is 0 Å². The highest BCUT2D eigenvalue weighted by molar-refractivity contribution is 5.82. The summed E-state index contributed by atoms with van der Waals surface area (Å²) >= 11 is 0. The molecule has 134 valence electrons. The van der Waals surface area contributed by atoms with Crippen molar-refractivity contribution in [2.45, 2.75) is 25.7 Å². The smallest absolute Gasteiger partial charge is 0.115 e. The molecule has 0 spiro atoms. The summed E-state index contributed by atoms with van der Waals surface area (Å²) in [6.45, 7) is 0. The minimum absolute atomic E-state index is 0.328. The van der Waals surface area contributed by atoms with Gasteiger partial charge in [-0.05, 0) is 70.8 Å². The third-order valence-electron chi connectivity index (χ3n) is 5.15. The third-order valence-corrected chi connectivity index (χ3v) is 5.15. The van der Waals surface area contributed by atoms with Gasteiger partial charge in [0.2, 0.25) is 0 Å². The van der Waals surface area contributed by atoms with E-state index in [1.165, 1.54) is 33.0 Å². The number of aromatic hydroxyl groups is 1. The molecule has 0 aromatic heterocycles. The van der Waals surface area contributed by atoms with Gasteiger partial charge >= 0.3 is 0 Å². The van der Waals surface area contributed by atoms with Gasteiger partial charge in [-0.1, -0.05) is 78.9 Å². The van der Waals surface area contributed by atoms with Gasteiger partial charge in [0, 0.05) is 0 Å². The quantitative estimate of drug-likeness (QED) is 0.443. The molecule has 27 heavy (non-hydrogen) atoms. The number of hydrogen-bond acceptors (Lipinski definition) is 1.